The van der Waals surface area contributed by atoms with E-state index in [0.717, 1.165) is 28.0 Å². The average Bonchev–Trinajstić information content (AvgIpc) is 3.15. The van der Waals surface area contributed by atoms with Crippen LogP contribution in [0.2, 0.25) is 0 Å². The number of carbonyl (C=O) groups excluding carboxylic acids is 1. The van der Waals surface area contributed by atoms with Gasteiger partial charge in [-0.1, -0.05) is 54.3 Å². The van der Waals surface area contributed by atoms with Gasteiger partial charge in [0, 0.05) is 11.1 Å². The zero-order valence-electron chi connectivity index (χ0n) is 15.4. The molecule has 0 aromatic heterocycles. The van der Waals surface area contributed by atoms with Crippen molar-refractivity contribution in [1.29, 1.82) is 0 Å². The maximum atomic E-state index is 12.0. The quantitative estimate of drug-likeness (QED) is 0.686. The molecule has 1 amide bonds. The highest BCUT2D eigenvalue weighted by atomic mass is 16.6. The van der Waals surface area contributed by atoms with E-state index in [1.165, 1.54) is 0 Å². The molecule has 2 atom stereocenters. The molecule has 0 spiro atoms. The number of ether oxygens (including phenoxy) is 2. The molecule has 0 bridgehead atoms. The van der Waals surface area contributed by atoms with E-state index in [9.17, 15) is 4.79 Å². The number of alkyl carbamates (subject to hydrolysis) is 1. The first-order valence-corrected chi connectivity index (χ1v) is 9.01. The summed E-state index contributed by atoms with van der Waals surface area (Å²) in [6, 6.07) is 25.0. The molecule has 1 saturated heterocycles. The summed E-state index contributed by atoms with van der Waals surface area (Å²) in [4.78, 5) is 12.0. The Hall–Kier alpha value is -3.71. The molecule has 1 heterocycles. The Kier molecular flexibility index (Phi) is 4.99. The molecule has 1 fully saturated rings. The number of hydrogen-bond acceptors (Lipinski definition) is 3. The topological polar surface area (TPSA) is 47.6 Å². The summed E-state index contributed by atoms with van der Waals surface area (Å²) >= 11 is 0. The number of methoxy groups -OCH3 is 1. The van der Waals surface area contributed by atoms with Crippen LogP contribution in [0.3, 0.4) is 0 Å². The number of cyclic esters (lactones) is 1. The van der Waals surface area contributed by atoms with Crippen LogP contribution in [0, 0.1) is 11.8 Å². The molecular weight excluding hydrogens is 350 g/mol. The molecule has 28 heavy (non-hydrogen) atoms. The lowest BCUT2D eigenvalue weighted by atomic mass is 9.95. The van der Waals surface area contributed by atoms with Crippen molar-refractivity contribution in [2.45, 2.75) is 12.1 Å². The summed E-state index contributed by atoms with van der Waals surface area (Å²) in [6.07, 6.45) is -0.862. The standard InChI is InChI=1S/C24H19NO3/c1-27-21-12-6-11-20(16-21)23-22(25-24(26)28-23)19-10-5-9-18(15-19)14-13-17-7-3-2-4-8-17/h2-12,15-16,22-23H,1H3,(H,25,26)/t22-,23+/m0/s1. The van der Waals surface area contributed by atoms with Gasteiger partial charge in [0.2, 0.25) is 0 Å². The molecule has 0 saturated carbocycles. The first-order chi connectivity index (χ1) is 13.7. The van der Waals surface area contributed by atoms with E-state index in [-0.39, 0.29) is 6.04 Å². The predicted octanol–water partition coefficient (Wildman–Crippen LogP) is 4.62. The van der Waals surface area contributed by atoms with Crippen molar-refractivity contribution in [1.82, 2.24) is 5.32 Å². The highest BCUT2D eigenvalue weighted by Crippen LogP contribution is 2.37. The highest BCUT2D eigenvalue weighted by Gasteiger charge is 2.36. The fraction of sp³-hybridized carbons (Fsp3) is 0.125. The minimum absolute atomic E-state index is 0.293. The molecule has 4 rings (SSSR count). The number of nitrogens with one attached hydrogen (secondary N) is 1. The summed E-state index contributed by atoms with van der Waals surface area (Å²) in [5.41, 5.74) is 3.66. The van der Waals surface area contributed by atoms with Crippen LogP contribution in [0.1, 0.15) is 34.4 Å². The maximum absolute atomic E-state index is 12.0. The van der Waals surface area contributed by atoms with E-state index in [0.29, 0.717) is 0 Å². The van der Waals surface area contributed by atoms with E-state index in [1.807, 2.05) is 78.9 Å². The van der Waals surface area contributed by atoms with E-state index >= 15 is 0 Å². The maximum Gasteiger partial charge on any atom is 0.408 e. The SMILES string of the molecule is COc1cccc([C@H]2OC(=O)N[C@H]2c2cccc(C#Cc3ccccc3)c2)c1. The molecule has 0 radical (unpaired) electrons. The van der Waals surface area contributed by atoms with Gasteiger partial charge in [-0.25, -0.2) is 4.79 Å². The minimum atomic E-state index is -0.432. The van der Waals surface area contributed by atoms with Gasteiger partial charge in [-0.05, 0) is 47.5 Å². The fourth-order valence-corrected chi connectivity index (χ4v) is 3.23. The summed E-state index contributed by atoms with van der Waals surface area (Å²) < 4.78 is 10.8. The monoisotopic (exact) mass is 369 g/mol. The molecule has 1 aliphatic heterocycles. The van der Waals surface area contributed by atoms with Crippen LogP contribution in [-0.4, -0.2) is 13.2 Å². The molecule has 1 N–H and O–H groups in total. The van der Waals surface area contributed by atoms with E-state index in [4.69, 9.17) is 9.47 Å². The average molecular weight is 369 g/mol. The first-order valence-electron chi connectivity index (χ1n) is 9.01. The second kappa shape index (κ2) is 7.89. The third-order valence-corrected chi connectivity index (χ3v) is 4.60. The molecule has 138 valence electrons. The lowest BCUT2D eigenvalue weighted by molar-refractivity contribution is 0.132. The Balaban J connectivity index is 1.64. The largest absolute Gasteiger partial charge is 0.497 e. The Morgan fingerprint density at radius 1 is 0.857 bits per heavy atom. The minimum Gasteiger partial charge on any atom is -0.497 e. The van der Waals surface area contributed by atoms with Gasteiger partial charge in [0.25, 0.3) is 0 Å². The van der Waals surface area contributed by atoms with Crippen LogP contribution in [0.4, 0.5) is 4.79 Å². The van der Waals surface area contributed by atoms with Gasteiger partial charge in [-0.2, -0.15) is 0 Å². The van der Waals surface area contributed by atoms with Crippen LogP contribution in [0.25, 0.3) is 0 Å². The number of benzene rings is 3. The summed E-state index contributed by atoms with van der Waals surface area (Å²) in [6.45, 7) is 0. The second-order valence-corrected chi connectivity index (χ2v) is 6.47. The fourth-order valence-electron chi connectivity index (χ4n) is 3.23. The Bertz CT molecular complexity index is 1050. The van der Waals surface area contributed by atoms with Gasteiger partial charge in [0.15, 0.2) is 6.10 Å². The highest BCUT2D eigenvalue weighted by molar-refractivity contribution is 5.71. The van der Waals surface area contributed by atoms with Crippen molar-refractivity contribution < 1.29 is 14.3 Å². The van der Waals surface area contributed by atoms with Crippen LogP contribution in [-0.2, 0) is 4.74 Å². The van der Waals surface area contributed by atoms with E-state index in [2.05, 4.69) is 17.2 Å². The Morgan fingerprint density at radius 2 is 1.57 bits per heavy atom. The van der Waals surface area contributed by atoms with Gasteiger partial charge in [-0.3, -0.25) is 0 Å². The van der Waals surface area contributed by atoms with Crippen molar-refractivity contribution in [3.05, 3.63) is 101 Å². The number of rotatable bonds is 3. The molecule has 3 aromatic carbocycles. The molecular formula is C24H19NO3. The Labute approximate surface area is 164 Å². The van der Waals surface area contributed by atoms with Crippen LogP contribution < -0.4 is 10.1 Å². The number of hydrogen-bond donors (Lipinski definition) is 1. The molecule has 4 heteroatoms. The number of carbonyl (C=O) groups is 1. The Morgan fingerprint density at radius 3 is 2.39 bits per heavy atom. The third kappa shape index (κ3) is 3.84. The van der Waals surface area contributed by atoms with E-state index < -0.39 is 12.2 Å². The zero-order chi connectivity index (χ0) is 19.3. The normalized spacial score (nSPS) is 17.8. The lowest BCUT2D eigenvalue weighted by Crippen LogP contribution is -2.19. The van der Waals surface area contributed by atoms with Gasteiger partial charge in [0.05, 0.1) is 13.2 Å². The third-order valence-electron chi connectivity index (χ3n) is 4.60. The van der Waals surface area contributed by atoms with Crippen molar-refractivity contribution in [3.63, 3.8) is 0 Å². The van der Waals surface area contributed by atoms with Gasteiger partial charge in [-0.15, -0.1) is 0 Å². The van der Waals surface area contributed by atoms with Gasteiger partial charge in [0.1, 0.15) is 5.75 Å². The van der Waals surface area contributed by atoms with Gasteiger partial charge >= 0.3 is 6.09 Å². The zero-order valence-corrected chi connectivity index (χ0v) is 15.4. The smallest absolute Gasteiger partial charge is 0.408 e. The lowest BCUT2D eigenvalue weighted by Gasteiger charge is -2.18. The molecule has 0 unspecified atom stereocenters. The van der Waals surface area contributed by atoms with Crippen molar-refractivity contribution >= 4 is 6.09 Å². The summed E-state index contributed by atoms with van der Waals surface area (Å²) in [5.74, 6) is 7.07. The molecule has 0 aliphatic carbocycles. The van der Waals surface area contributed by atoms with Crippen molar-refractivity contribution in [3.8, 4) is 17.6 Å². The predicted molar refractivity (Wildman–Crippen MR) is 107 cm³/mol. The summed E-state index contributed by atoms with van der Waals surface area (Å²) in [5, 5.41) is 2.91. The van der Waals surface area contributed by atoms with Crippen molar-refractivity contribution in [2.75, 3.05) is 7.11 Å². The van der Waals surface area contributed by atoms with Crippen LogP contribution in [0.5, 0.6) is 5.75 Å². The van der Waals surface area contributed by atoms with Crippen LogP contribution in [0.15, 0.2) is 78.9 Å². The van der Waals surface area contributed by atoms with Crippen molar-refractivity contribution in [2.24, 2.45) is 0 Å². The summed E-state index contributed by atoms with van der Waals surface area (Å²) in [7, 11) is 1.62. The van der Waals surface area contributed by atoms with E-state index in [1.54, 1.807) is 7.11 Å². The molecule has 3 aromatic rings. The second-order valence-electron chi connectivity index (χ2n) is 6.47. The van der Waals surface area contributed by atoms with Crippen LogP contribution >= 0.6 is 0 Å². The van der Waals surface area contributed by atoms with Gasteiger partial charge < -0.3 is 14.8 Å². The molecule has 1 aliphatic rings. The molecule has 4 nitrogen and oxygen atoms in total. The first kappa shape index (κ1) is 17.7. The number of amides is 1.